The molecule has 0 amide bonds. The summed E-state index contributed by atoms with van der Waals surface area (Å²) in [6.45, 7) is 0.493. The molecular weight excluding hydrogens is 219 g/mol. The van der Waals surface area contributed by atoms with Crippen molar-refractivity contribution >= 4 is 12.6 Å². The number of halogens is 3. The van der Waals surface area contributed by atoms with E-state index >= 15 is 0 Å². The maximum Gasteiger partial charge on any atom is 1.00 e. The van der Waals surface area contributed by atoms with Gasteiger partial charge in [-0.15, -0.1) is 0 Å². The summed E-state index contributed by atoms with van der Waals surface area (Å²) in [5, 5.41) is 5.63. The summed E-state index contributed by atoms with van der Waals surface area (Å²) in [6, 6.07) is 1.07. The van der Waals surface area contributed by atoms with Gasteiger partial charge in [0.15, 0.2) is 0 Å². The quantitative estimate of drug-likeness (QED) is 0.601. The van der Waals surface area contributed by atoms with Crippen LogP contribution in [0.1, 0.15) is 26.5 Å². The van der Waals surface area contributed by atoms with Gasteiger partial charge in [-0.2, -0.15) is 5.10 Å². The van der Waals surface area contributed by atoms with E-state index in [4.69, 9.17) is 0 Å². The van der Waals surface area contributed by atoms with Gasteiger partial charge in [-0.1, -0.05) is 20.8 Å². The molecule has 0 aliphatic rings. The molecule has 0 unspecified atom stereocenters. The van der Waals surface area contributed by atoms with Crippen LogP contribution in [-0.4, -0.2) is 17.2 Å². The number of nitrogens with one attached hydrogen (secondary N) is 1. The Labute approximate surface area is 124 Å². The normalized spacial score (nSPS) is 12.4. The van der Waals surface area contributed by atoms with Crippen molar-refractivity contribution in [2.45, 2.75) is 26.2 Å². The van der Waals surface area contributed by atoms with Crippen molar-refractivity contribution in [2.24, 2.45) is 0 Å². The fourth-order valence-corrected chi connectivity index (χ4v) is 0.889. The maximum absolute atomic E-state index is 12.2. The molecule has 7 heteroatoms. The van der Waals surface area contributed by atoms with E-state index in [1.165, 1.54) is 0 Å². The zero-order chi connectivity index (χ0) is 10.3. The maximum atomic E-state index is 12.2. The van der Waals surface area contributed by atoms with Gasteiger partial charge in [0.05, 0.1) is 5.69 Å². The third-order valence-corrected chi connectivity index (χ3v) is 1.72. The summed E-state index contributed by atoms with van der Waals surface area (Å²) in [6.07, 6.45) is 0. The summed E-state index contributed by atoms with van der Waals surface area (Å²) in [7, 11) is 0. The van der Waals surface area contributed by atoms with Gasteiger partial charge < -0.3 is 18.0 Å². The van der Waals surface area contributed by atoms with E-state index in [0.29, 0.717) is 5.69 Å². The molecule has 2 nitrogen and oxygen atoms in total. The van der Waals surface area contributed by atoms with Crippen molar-refractivity contribution in [1.82, 2.24) is 10.2 Å². The molecule has 1 heterocycles. The monoisotopic (exact) mass is 230 g/mol. The zero-order valence-corrected chi connectivity index (χ0v) is 11.9. The van der Waals surface area contributed by atoms with Gasteiger partial charge in [0.25, 0.3) is 0 Å². The number of hydrogen-bond acceptors (Lipinski definition) is 1. The fourth-order valence-electron chi connectivity index (χ4n) is 0.889. The van der Waals surface area contributed by atoms with Crippen molar-refractivity contribution < 1.29 is 64.3 Å². The topological polar surface area (TPSA) is 28.7 Å². The van der Waals surface area contributed by atoms with E-state index in [2.05, 4.69) is 5.10 Å². The Morgan fingerprint density at radius 2 is 1.79 bits per heavy atom. The molecule has 0 aromatic carbocycles. The third kappa shape index (κ3) is 3.69. The average molecular weight is 230 g/mol. The van der Waals surface area contributed by atoms with E-state index in [1.807, 2.05) is 25.9 Å². The summed E-state index contributed by atoms with van der Waals surface area (Å²) < 4.78 is 36.5. The minimum Gasteiger partial charge on any atom is -0.444 e. The second kappa shape index (κ2) is 4.69. The molecule has 14 heavy (non-hydrogen) atoms. The van der Waals surface area contributed by atoms with E-state index in [0.717, 1.165) is 6.07 Å². The minimum atomic E-state index is -4.95. The number of rotatable bonds is 1. The van der Waals surface area contributed by atoms with Crippen LogP contribution in [0, 0.1) is 0 Å². The van der Waals surface area contributed by atoms with E-state index < -0.39 is 12.6 Å². The molecule has 1 N–H and O–H groups in total. The minimum absolute atomic E-state index is 0. The van der Waals surface area contributed by atoms with Gasteiger partial charge >= 0.3 is 58.4 Å². The Morgan fingerprint density at radius 3 is 2.00 bits per heavy atom. The molecule has 74 valence electrons. The van der Waals surface area contributed by atoms with Crippen LogP contribution in [0.5, 0.6) is 0 Å². The van der Waals surface area contributed by atoms with Crippen molar-refractivity contribution in [3.8, 4) is 0 Å². The average Bonchev–Trinajstić information content (AvgIpc) is 2.28. The molecule has 0 atom stereocenters. The van der Waals surface area contributed by atoms with Crippen molar-refractivity contribution in [2.75, 3.05) is 0 Å². The van der Waals surface area contributed by atoms with E-state index in [-0.39, 0.29) is 56.8 Å². The fraction of sp³-hybridized carbons (Fsp3) is 0.571. The molecule has 1 aromatic rings. The molecule has 0 aliphatic carbocycles. The third-order valence-electron chi connectivity index (χ3n) is 1.72. The summed E-state index contributed by atoms with van der Waals surface area (Å²) in [4.78, 5) is 0. The Bertz CT molecular complexity index is 274. The van der Waals surface area contributed by atoms with Gasteiger partial charge in [0.2, 0.25) is 0 Å². The Hall–Kier alpha value is 0.701. The molecule has 0 saturated carbocycles. The number of aromatic amines is 1. The summed E-state index contributed by atoms with van der Waals surface area (Å²) in [5.41, 5.74) is -0.651. The van der Waals surface area contributed by atoms with Crippen LogP contribution in [0.2, 0.25) is 0 Å². The number of nitrogens with zero attached hydrogens (tertiary/aromatic N) is 1. The van der Waals surface area contributed by atoms with Crippen LogP contribution in [0.25, 0.3) is 0 Å². The van der Waals surface area contributed by atoms with Gasteiger partial charge in [-0.25, -0.2) is 0 Å². The van der Waals surface area contributed by atoms with Gasteiger partial charge in [0, 0.05) is 5.41 Å². The van der Waals surface area contributed by atoms with Crippen molar-refractivity contribution in [1.29, 1.82) is 0 Å². The predicted molar refractivity (Wildman–Crippen MR) is 46.0 cm³/mol. The largest absolute Gasteiger partial charge is 1.00 e. The van der Waals surface area contributed by atoms with Crippen LogP contribution >= 0.6 is 0 Å². The van der Waals surface area contributed by atoms with Gasteiger partial charge in [-0.05, 0) is 11.7 Å². The SMILES string of the molecule is CC(C)(C)c1cc([B-](F)(F)F)[nH]n1.[K+]. The zero-order valence-electron chi connectivity index (χ0n) is 8.74. The summed E-state index contributed by atoms with van der Waals surface area (Å²) in [5.74, 6) is 0. The summed E-state index contributed by atoms with van der Waals surface area (Å²) >= 11 is 0. The predicted octanol–water partition coefficient (Wildman–Crippen LogP) is -1.23. The standard InChI is InChI=1S/C7H11BF3N2.K/c1-7(2,3)5-4-6(13-12-5)8(9,10)11;/h4H,1-3H3,(H,12,13);/q-1;+1. The van der Waals surface area contributed by atoms with Crippen LogP contribution in [0.3, 0.4) is 0 Å². The van der Waals surface area contributed by atoms with E-state index in [1.54, 1.807) is 0 Å². The van der Waals surface area contributed by atoms with Crippen LogP contribution < -0.4 is 57.0 Å². The first kappa shape index (κ1) is 14.7. The van der Waals surface area contributed by atoms with Crippen molar-refractivity contribution in [3.63, 3.8) is 0 Å². The molecule has 1 rings (SSSR count). The Balaban J connectivity index is 0.00000169. The smallest absolute Gasteiger partial charge is 0.444 e. The molecule has 0 aliphatic heterocycles. The Kier molecular flexibility index (Phi) is 4.93. The van der Waals surface area contributed by atoms with Gasteiger partial charge in [0.1, 0.15) is 0 Å². The van der Waals surface area contributed by atoms with Crippen LogP contribution in [0.15, 0.2) is 6.07 Å². The molecular formula is C7H11BF3KN2. The second-order valence-corrected chi connectivity index (χ2v) is 4.03. The molecule has 0 saturated heterocycles. The number of aromatic nitrogens is 2. The van der Waals surface area contributed by atoms with Crippen molar-refractivity contribution in [3.05, 3.63) is 11.8 Å². The first-order valence-electron chi connectivity index (χ1n) is 3.97. The first-order chi connectivity index (χ1) is 5.71. The molecule has 0 bridgehead atoms. The van der Waals surface area contributed by atoms with Crippen LogP contribution in [0.4, 0.5) is 12.9 Å². The Morgan fingerprint density at radius 1 is 1.29 bits per heavy atom. The number of H-pyrrole nitrogens is 1. The molecule has 0 spiro atoms. The number of hydrogen-bond donors (Lipinski definition) is 1. The molecule has 1 aromatic heterocycles. The van der Waals surface area contributed by atoms with Gasteiger partial charge in [-0.3, -0.25) is 0 Å². The molecule has 0 fully saturated rings. The van der Waals surface area contributed by atoms with E-state index in [9.17, 15) is 12.9 Å². The first-order valence-corrected chi connectivity index (χ1v) is 3.97. The molecule has 0 radical (unpaired) electrons. The second-order valence-electron chi connectivity index (χ2n) is 4.03. The van der Waals surface area contributed by atoms with Crippen LogP contribution in [-0.2, 0) is 5.41 Å².